The van der Waals surface area contributed by atoms with E-state index in [0.29, 0.717) is 6.54 Å². The minimum Gasteiger partial charge on any atom is -0.382 e. The molecule has 2 aromatic heterocycles. The molecule has 5 N–H and O–H groups in total. The molecule has 3 aromatic rings. The number of para-hydroxylation sites is 2. The fraction of sp³-hybridized carbons (Fsp3) is 0.294. The number of nitrogen functional groups attached to an aromatic ring is 2. The van der Waals surface area contributed by atoms with Crippen molar-refractivity contribution in [2.24, 2.45) is 0 Å². The molecule has 26 heavy (non-hydrogen) atoms. The van der Waals surface area contributed by atoms with E-state index in [1.165, 1.54) is 0 Å². The van der Waals surface area contributed by atoms with Gasteiger partial charge >= 0.3 is 0 Å². The zero-order chi connectivity index (χ0) is 18.8. The van der Waals surface area contributed by atoms with Gasteiger partial charge in [-0.1, -0.05) is 23.7 Å². The van der Waals surface area contributed by atoms with E-state index in [-0.39, 0.29) is 22.5 Å². The number of nitrogens with zero attached hydrogens (tertiary/aromatic N) is 4. The van der Waals surface area contributed by atoms with Gasteiger partial charge in [0.1, 0.15) is 6.54 Å². The molecule has 0 bridgehead atoms. The van der Waals surface area contributed by atoms with Crippen LogP contribution in [0.15, 0.2) is 24.3 Å². The molecule has 0 atom stereocenters. The summed E-state index contributed by atoms with van der Waals surface area (Å²) < 4.78 is 4.34. The van der Waals surface area contributed by atoms with Crippen molar-refractivity contribution in [1.82, 2.24) is 19.9 Å². The van der Waals surface area contributed by atoms with Gasteiger partial charge in [-0.25, -0.2) is 19.1 Å². The first-order chi connectivity index (χ1) is 12.5. The van der Waals surface area contributed by atoms with Crippen molar-refractivity contribution in [2.75, 3.05) is 11.5 Å². The summed E-state index contributed by atoms with van der Waals surface area (Å²) in [6.07, 6.45) is 0. The zero-order valence-corrected chi connectivity index (χ0v) is 15.4. The molecule has 8 nitrogen and oxygen atoms in total. The van der Waals surface area contributed by atoms with Gasteiger partial charge in [-0.05, 0) is 26.0 Å². The lowest BCUT2D eigenvalue weighted by molar-refractivity contribution is -0.676. The highest BCUT2D eigenvalue weighted by molar-refractivity contribution is 6.31. The Bertz CT molecular complexity index is 942. The Morgan fingerprint density at radius 3 is 2.65 bits per heavy atom. The van der Waals surface area contributed by atoms with Crippen LogP contribution in [0, 0.1) is 0 Å². The average Bonchev–Trinajstić information content (AvgIpc) is 2.95. The Morgan fingerprint density at radius 2 is 1.96 bits per heavy atom. The number of fused-ring (bicyclic) bond motifs is 1. The number of hydrogen-bond acceptors (Lipinski definition) is 5. The Hall–Kier alpha value is -2.87. The average molecular weight is 375 g/mol. The second-order valence-electron chi connectivity index (χ2n) is 5.71. The van der Waals surface area contributed by atoms with Crippen LogP contribution in [0.2, 0.25) is 5.15 Å². The maximum Gasteiger partial charge on any atom is 0.277 e. The zero-order valence-electron chi connectivity index (χ0n) is 14.7. The number of anilines is 2. The van der Waals surface area contributed by atoms with Crippen molar-refractivity contribution >= 4 is 40.2 Å². The predicted molar refractivity (Wildman–Crippen MR) is 101 cm³/mol. The number of amides is 1. The molecule has 136 valence electrons. The molecule has 0 aliphatic rings. The van der Waals surface area contributed by atoms with E-state index in [4.69, 9.17) is 23.1 Å². The number of carbonyl (C=O) groups excluding carboxylic acids is 1. The second-order valence-corrected chi connectivity index (χ2v) is 6.07. The highest BCUT2D eigenvalue weighted by atomic mass is 35.5. The minimum absolute atomic E-state index is 0.00403. The normalized spacial score (nSPS) is 11.0. The van der Waals surface area contributed by atoms with Crippen LogP contribution in [0.5, 0.6) is 0 Å². The molecule has 0 radical (unpaired) electrons. The molecule has 0 aliphatic carbocycles. The molecule has 0 spiro atoms. The van der Waals surface area contributed by atoms with Gasteiger partial charge in [0, 0.05) is 0 Å². The fourth-order valence-corrected chi connectivity index (χ4v) is 3.22. The summed E-state index contributed by atoms with van der Waals surface area (Å²) in [6, 6.07) is 8.14. The number of carbonyl (C=O) groups is 1. The Balaban J connectivity index is 1.93. The number of nitrogens with one attached hydrogen (secondary N) is 1. The number of imidazole rings is 1. The van der Waals surface area contributed by atoms with Crippen LogP contribution in [0.4, 0.5) is 11.6 Å². The van der Waals surface area contributed by atoms with Crippen LogP contribution >= 0.6 is 11.6 Å². The number of halogens is 1. The van der Waals surface area contributed by atoms with E-state index in [0.717, 1.165) is 29.9 Å². The van der Waals surface area contributed by atoms with Gasteiger partial charge in [0.05, 0.1) is 13.1 Å². The Kier molecular flexibility index (Phi) is 4.94. The van der Waals surface area contributed by atoms with Gasteiger partial charge < -0.3 is 16.8 Å². The number of hydrogen-bond donors (Lipinski definition) is 3. The molecule has 0 unspecified atom stereocenters. The lowest BCUT2D eigenvalue weighted by atomic mass is 10.3. The molecule has 1 amide bonds. The summed E-state index contributed by atoms with van der Waals surface area (Å²) in [5.41, 5.74) is 13.5. The minimum atomic E-state index is -0.451. The largest absolute Gasteiger partial charge is 0.382 e. The number of benzene rings is 1. The number of aryl methyl sites for hydroxylation is 2. The first kappa shape index (κ1) is 17.9. The van der Waals surface area contributed by atoms with Crippen LogP contribution in [-0.4, -0.2) is 20.4 Å². The fourth-order valence-electron chi connectivity index (χ4n) is 3.09. The topological polar surface area (TPSA) is 116 Å². The number of rotatable bonds is 5. The monoisotopic (exact) mass is 374 g/mol. The summed E-state index contributed by atoms with van der Waals surface area (Å²) in [7, 11) is 0. The molecular formula is C17H21ClN7O+. The summed E-state index contributed by atoms with van der Waals surface area (Å²) >= 11 is 5.85. The van der Waals surface area contributed by atoms with E-state index in [1.54, 1.807) is 0 Å². The Morgan fingerprint density at radius 1 is 1.23 bits per heavy atom. The van der Waals surface area contributed by atoms with E-state index in [1.807, 2.05) is 12.1 Å². The quantitative estimate of drug-likeness (QED) is 0.585. The number of nitrogens with two attached hydrogens (primary N) is 2. The first-order valence-electron chi connectivity index (χ1n) is 8.34. The third-order valence-corrected chi connectivity index (χ3v) is 4.52. The standard InChI is InChI=1S/C17H20ClN7O/c1-3-24-10-7-5-6-8-11(10)25(4-2)12(24)9-21-17(26)13-15(19)23-16(20)14(18)22-13/h5-8H,3-4,9H2,1-2H3,(H4-,19,20,21,23,26)/p+1. The van der Waals surface area contributed by atoms with E-state index in [9.17, 15) is 4.79 Å². The van der Waals surface area contributed by atoms with Crippen LogP contribution in [0.3, 0.4) is 0 Å². The van der Waals surface area contributed by atoms with Crippen molar-refractivity contribution in [1.29, 1.82) is 0 Å². The highest BCUT2D eigenvalue weighted by Gasteiger charge is 2.24. The number of aromatic nitrogens is 4. The van der Waals surface area contributed by atoms with Crippen molar-refractivity contribution in [3.05, 3.63) is 40.9 Å². The highest BCUT2D eigenvalue weighted by Crippen LogP contribution is 2.18. The summed E-state index contributed by atoms with van der Waals surface area (Å²) in [5, 5.41) is 2.80. The van der Waals surface area contributed by atoms with Gasteiger partial charge in [0.2, 0.25) is 0 Å². The molecular weight excluding hydrogens is 354 g/mol. The Labute approximate surface area is 155 Å². The molecule has 1 aromatic carbocycles. The first-order valence-corrected chi connectivity index (χ1v) is 8.72. The lowest BCUT2D eigenvalue weighted by Crippen LogP contribution is -2.40. The van der Waals surface area contributed by atoms with E-state index >= 15 is 0 Å². The van der Waals surface area contributed by atoms with Gasteiger partial charge in [-0.3, -0.25) is 4.79 Å². The molecule has 0 aliphatic heterocycles. The van der Waals surface area contributed by atoms with Gasteiger partial charge in [0.25, 0.3) is 11.7 Å². The molecule has 2 heterocycles. The molecule has 0 saturated carbocycles. The SMILES string of the molecule is CCn1c(CNC(=O)c2nc(Cl)c(N)nc2N)[n+](CC)c2ccccc21. The van der Waals surface area contributed by atoms with Crippen LogP contribution in [-0.2, 0) is 19.6 Å². The second kappa shape index (κ2) is 7.17. The maximum absolute atomic E-state index is 12.5. The molecule has 9 heteroatoms. The van der Waals surface area contributed by atoms with Crippen LogP contribution in [0.25, 0.3) is 11.0 Å². The van der Waals surface area contributed by atoms with E-state index < -0.39 is 5.91 Å². The summed E-state index contributed by atoms with van der Waals surface area (Å²) in [4.78, 5) is 20.3. The van der Waals surface area contributed by atoms with Gasteiger partial charge in [0.15, 0.2) is 33.5 Å². The van der Waals surface area contributed by atoms with Crippen LogP contribution < -0.4 is 21.4 Å². The van der Waals surface area contributed by atoms with Crippen LogP contribution in [0.1, 0.15) is 30.2 Å². The van der Waals surface area contributed by atoms with Gasteiger partial charge in [-0.2, -0.15) is 0 Å². The summed E-state index contributed by atoms with van der Waals surface area (Å²) in [5.74, 6) is 0.476. The predicted octanol–water partition coefficient (Wildman–Crippen LogP) is 1.51. The summed E-state index contributed by atoms with van der Waals surface area (Å²) in [6.45, 7) is 6.03. The molecule has 0 fully saturated rings. The van der Waals surface area contributed by atoms with Crippen molar-refractivity contribution in [3.63, 3.8) is 0 Å². The molecule has 3 rings (SSSR count). The third-order valence-electron chi connectivity index (χ3n) is 4.25. The maximum atomic E-state index is 12.5. The van der Waals surface area contributed by atoms with Crippen molar-refractivity contribution in [2.45, 2.75) is 33.5 Å². The van der Waals surface area contributed by atoms with Crippen molar-refractivity contribution in [3.8, 4) is 0 Å². The lowest BCUT2D eigenvalue weighted by Gasteiger charge is -2.08. The smallest absolute Gasteiger partial charge is 0.277 e. The van der Waals surface area contributed by atoms with Crippen molar-refractivity contribution < 1.29 is 9.36 Å². The third kappa shape index (κ3) is 3.03. The van der Waals surface area contributed by atoms with E-state index in [2.05, 4.69) is 50.4 Å². The molecule has 0 saturated heterocycles. The van der Waals surface area contributed by atoms with Gasteiger partial charge in [-0.15, -0.1) is 0 Å².